The minimum absolute atomic E-state index is 0.119. The van der Waals surface area contributed by atoms with E-state index in [1.165, 1.54) is 0 Å². The van der Waals surface area contributed by atoms with Crippen LogP contribution >= 0.6 is 11.3 Å². The Morgan fingerprint density at radius 3 is 2.59 bits per heavy atom. The van der Waals surface area contributed by atoms with Gasteiger partial charge in [0.1, 0.15) is 5.82 Å². The van der Waals surface area contributed by atoms with Crippen LogP contribution in [0.3, 0.4) is 0 Å². The summed E-state index contributed by atoms with van der Waals surface area (Å²) in [6.45, 7) is 0. The maximum absolute atomic E-state index is 12.2. The van der Waals surface area contributed by atoms with Gasteiger partial charge in [0.2, 0.25) is 11.9 Å². The molecule has 2 heterocycles. The summed E-state index contributed by atoms with van der Waals surface area (Å²) in [4.78, 5) is 23.7. The molecule has 2 N–H and O–H groups in total. The molecule has 0 radical (unpaired) electrons. The Labute approximate surface area is 175 Å². The largest absolute Gasteiger partial charge is 0.362 e. The van der Waals surface area contributed by atoms with Crippen molar-refractivity contribution in [2.75, 3.05) is 24.3 Å². The number of rotatable bonds is 6. The molecule has 0 aliphatic heterocycles. The van der Waals surface area contributed by atoms with Crippen LogP contribution in [0.5, 0.6) is 0 Å². The summed E-state index contributed by atoms with van der Waals surface area (Å²) in [5.41, 5.74) is 2.04. The topological polar surface area (TPSA) is 70.2 Å². The number of para-hydroxylation sites is 1. The number of hydrogen-bond donors (Lipinski definition) is 2. The zero-order valence-corrected chi connectivity index (χ0v) is 17.7. The van der Waals surface area contributed by atoms with E-state index in [-0.39, 0.29) is 11.9 Å². The third-order valence-electron chi connectivity index (χ3n) is 5.38. The first-order valence-electron chi connectivity index (χ1n) is 10.1. The molecule has 7 heteroatoms. The van der Waals surface area contributed by atoms with Gasteiger partial charge in [-0.15, -0.1) is 0 Å². The summed E-state index contributed by atoms with van der Waals surface area (Å²) in [6.07, 6.45) is 4.41. The molecule has 2 aromatic heterocycles. The van der Waals surface area contributed by atoms with Crippen molar-refractivity contribution in [1.29, 1.82) is 0 Å². The van der Waals surface area contributed by atoms with E-state index in [4.69, 9.17) is 9.97 Å². The van der Waals surface area contributed by atoms with E-state index in [0.717, 1.165) is 48.0 Å². The standard InChI is InChI=1S/C22H27N5OS/c1-27(2)21-18-5-3-4-6-19(18)25-22(26-21)24-17-9-7-16(8-10-17)23-20(28)13-15-11-12-29-14-15/h3-6,11-12,14,16-17H,7-10,13H2,1-2H3,(H,23,28)(H,24,25,26)/t16-,17+. The number of nitrogens with one attached hydrogen (secondary N) is 2. The molecule has 6 nitrogen and oxygen atoms in total. The molecule has 29 heavy (non-hydrogen) atoms. The summed E-state index contributed by atoms with van der Waals surface area (Å²) in [5, 5.41) is 11.8. The van der Waals surface area contributed by atoms with Gasteiger partial charge in [0, 0.05) is 31.6 Å². The van der Waals surface area contributed by atoms with Gasteiger partial charge in [-0.1, -0.05) is 12.1 Å². The van der Waals surface area contributed by atoms with Crippen molar-refractivity contribution < 1.29 is 4.79 Å². The minimum Gasteiger partial charge on any atom is -0.362 e. The zero-order chi connectivity index (χ0) is 20.2. The Hall–Kier alpha value is -2.67. The van der Waals surface area contributed by atoms with Crippen molar-refractivity contribution in [2.45, 2.75) is 44.2 Å². The highest BCUT2D eigenvalue weighted by Gasteiger charge is 2.23. The van der Waals surface area contributed by atoms with Gasteiger partial charge in [-0.3, -0.25) is 4.79 Å². The highest BCUT2D eigenvalue weighted by molar-refractivity contribution is 7.08. The lowest BCUT2D eigenvalue weighted by Crippen LogP contribution is -2.40. The Kier molecular flexibility index (Phi) is 5.94. The summed E-state index contributed by atoms with van der Waals surface area (Å²) < 4.78 is 0. The van der Waals surface area contributed by atoms with Crippen molar-refractivity contribution >= 4 is 39.9 Å². The van der Waals surface area contributed by atoms with E-state index in [2.05, 4.69) is 16.7 Å². The first-order valence-corrected chi connectivity index (χ1v) is 11.0. The number of thiophene rings is 1. The van der Waals surface area contributed by atoms with Gasteiger partial charge in [-0.2, -0.15) is 16.3 Å². The second-order valence-corrected chi connectivity index (χ2v) is 8.63. The van der Waals surface area contributed by atoms with Crippen LogP contribution in [0.25, 0.3) is 10.9 Å². The van der Waals surface area contributed by atoms with Gasteiger partial charge in [0.25, 0.3) is 0 Å². The molecule has 4 rings (SSSR count). The fourth-order valence-electron chi connectivity index (χ4n) is 3.89. The minimum atomic E-state index is 0.119. The molecule has 1 fully saturated rings. The normalized spacial score (nSPS) is 19.1. The van der Waals surface area contributed by atoms with E-state index in [1.807, 2.05) is 54.0 Å². The third kappa shape index (κ3) is 4.85. The second kappa shape index (κ2) is 8.78. The van der Waals surface area contributed by atoms with E-state index in [0.29, 0.717) is 18.4 Å². The molecule has 1 aromatic carbocycles. The molecule has 152 valence electrons. The smallest absolute Gasteiger partial charge is 0.225 e. The van der Waals surface area contributed by atoms with Gasteiger partial charge in [0.05, 0.1) is 11.9 Å². The first-order chi connectivity index (χ1) is 14.1. The number of nitrogens with zero attached hydrogens (tertiary/aromatic N) is 3. The molecule has 3 aromatic rings. The molecular formula is C22H27N5OS. The van der Waals surface area contributed by atoms with E-state index >= 15 is 0 Å². The van der Waals surface area contributed by atoms with Crippen molar-refractivity contribution in [3.8, 4) is 0 Å². The van der Waals surface area contributed by atoms with Gasteiger partial charge in [-0.25, -0.2) is 4.98 Å². The lowest BCUT2D eigenvalue weighted by molar-refractivity contribution is -0.121. The lowest BCUT2D eigenvalue weighted by Gasteiger charge is -2.30. The molecule has 0 unspecified atom stereocenters. The van der Waals surface area contributed by atoms with Crippen LogP contribution in [-0.4, -0.2) is 42.1 Å². The maximum atomic E-state index is 12.2. The molecule has 0 saturated heterocycles. The Bertz CT molecular complexity index is 965. The number of amides is 1. The van der Waals surface area contributed by atoms with E-state index in [9.17, 15) is 4.79 Å². The summed E-state index contributed by atoms with van der Waals surface area (Å²) in [6, 6.07) is 10.7. The molecule has 1 amide bonds. The number of aromatic nitrogens is 2. The number of fused-ring (bicyclic) bond motifs is 1. The Morgan fingerprint density at radius 1 is 1.10 bits per heavy atom. The fraction of sp³-hybridized carbons (Fsp3) is 0.409. The van der Waals surface area contributed by atoms with Crippen LogP contribution in [0.15, 0.2) is 41.1 Å². The predicted molar refractivity (Wildman–Crippen MR) is 120 cm³/mol. The van der Waals surface area contributed by atoms with E-state index in [1.54, 1.807) is 11.3 Å². The first kappa shape index (κ1) is 19.6. The van der Waals surface area contributed by atoms with Crippen LogP contribution in [0.1, 0.15) is 31.2 Å². The summed E-state index contributed by atoms with van der Waals surface area (Å²) in [5.74, 6) is 1.72. The third-order valence-corrected chi connectivity index (χ3v) is 6.11. The average Bonchev–Trinajstić information content (AvgIpc) is 3.21. The van der Waals surface area contributed by atoms with Gasteiger partial charge < -0.3 is 15.5 Å². The molecule has 1 aliphatic carbocycles. The van der Waals surface area contributed by atoms with Gasteiger partial charge in [-0.05, 0) is 60.2 Å². The zero-order valence-electron chi connectivity index (χ0n) is 16.9. The van der Waals surface area contributed by atoms with Gasteiger partial charge >= 0.3 is 0 Å². The van der Waals surface area contributed by atoms with E-state index < -0.39 is 0 Å². The van der Waals surface area contributed by atoms with Crippen LogP contribution < -0.4 is 15.5 Å². The fourth-order valence-corrected chi connectivity index (χ4v) is 4.56. The molecule has 0 spiro atoms. The molecular weight excluding hydrogens is 382 g/mol. The lowest BCUT2D eigenvalue weighted by atomic mass is 9.91. The summed E-state index contributed by atoms with van der Waals surface area (Å²) in [7, 11) is 4.01. The Morgan fingerprint density at radius 2 is 1.86 bits per heavy atom. The molecule has 1 aliphatic rings. The summed E-state index contributed by atoms with van der Waals surface area (Å²) >= 11 is 1.63. The van der Waals surface area contributed by atoms with Crippen LogP contribution in [-0.2, 0) is 11.2 Å². The second-order valence-electron chi connectivity index (χ2n) is 7.85. The SMILES string of the molecule is CN(C)c1nc(N[C@H]2CC[C@@H](NC(=O)Cc3ccsc3)CC2)nc2ccccc12. The number of benzene rings is 1. The van der Waals surface area contributed by atoms with Crippen molar-refractivity contribution in [3.63, 3.8) is 0 Å². The van der Waals surface area contributed by atoms with Gasteiger partial charge in [0.15, 0.2) is 0 Å². The number of hydrogen-bond acceptors (Lipinski definition) is 6. The number of carbonyl (C=O) groups is 1. The van der Waals surface area contributed by atoms with Crippen molar-refractivity contribution in [2.24, 2.45) is 0 Å². The molecule has 0 bridgehead atoms. The van der Waals surface area contributed by atoms with Crippen molar-refractivity contribution in [3.05, 3.63) is 46.7 Å². The molecule has 0 atom stereocenters. The monoisotopic (exact) mass is 409 g/mol. The predicted octanol–water partition coefficient (Wildman–Crippen LogP) is 3.84. The van der Waals surface area contributed by atoms with Crippen LogP contribution in [0.4, 0.5) is 11.8 Å². The van der Waals surface area contributed by atoms with Crippen LogP contribution in [0, 0.1) is 0 Å². The molecule has 1 saturated carbocycles. The Balaban J connectivity index is 1.34. The highest BCUT2D eigenvalue weighted by atomic mass is 32.1. The quantitative estimate of drug-likeness (QED) is 0.647. The number of carbonyl (C=O) groups excluding carboxylic acids is 1. The van der Waals surface area contributed by atoms with Crippen molar-refractivity contribution in [1.82, 2.24) is 15.3 Å². The highest BCUT2D eigenvalue weighted by Crippen LogP contribution is 2.26. The average molecular weight is 410 g/mol. The van der Waals surface area contributed by atoms with Crippen LogP contribution in [0.2, 0.25) is 0 Å². The maximum Gasteiger partial charge on any atom is 0.225 e. The number of anilines is 2.